The van der Waals surface area contributed by atoms with Crippen LogP contribution in [0.5, 0.6) is 0 Å². The molecule has 0 saturated heterocycles. The molecule has 0 amide bonds. The van der Waals surface area contributed by atoms with Crippen LogP contribution in [0.4, 0.5) is 0 Å². The summed E-state index contributed by atoms with van der Waals surface area (Å²) < 4.78 is 5.21. The van der Waals surface area contributed by atoms with Crippen molar-refractivity contribution in [2.45, 2.75) is 40.7 Å². The van der Waals surface area contributed by atoms with E-state index in [-0.39, 0.29) is 17.5 Å². The van der Waals surface area contributed by atoms with Crippen molar-refractivity contribution in [2.75, 3.05) is 0 Å². The fourth-order valence-corrected chi connectivity index (χ4v) is 1.69. The first-order chi connectivity index (χ1) is 5.85. The third-order valence-electron chi connectivity index (χ3n) is 2.62. The first kappa shape index (κ1) is 10.3. The molecule has 0 N–H and O–H groups in total. The molecule has 1 rings (SSSR count). The Bertz CT molecular complexity index is 247. The number of esters is 1. The van der Waals surface area contributed by atoms with Gasteiger partial charge < -0.3 is 4.74 Å². The summed E-state index contributed by atoms with van der Waals surface area (Å²) in [6, 6.07) is 0. The number of ether oxygens (including phenoxy) is 1. The average Bonchev–Trinajstić information content (AvgIpc) is 2.36. The van der Waals surface area contributed by atoms with Gasteiger partial charge in [0.05, 0.1) is 0 Å². The van der Waals surface area contributed by atoms with Crippen LogP contribution in [0.15, 0.2) is 11.6 Å². The van der Waals surface area contributed by atoms with Crippen LogP contribution in [0.25, 0.3) is 0 Å². The molecule has 0 aliphatic heterocycles. The van der Waals surface area contributed by atoms with Crippen molar-refractivity contribution < 1.29 is 9.53 Å². The van der Waals surface area contributed by atoms with E-state index in [0.29, 0.717) is 5.92 Å². The highest BCUT2D eigenvalue weighted by Gasteiger charge is 2.59. The molecule has 0 aromatic rings. The van der Waals surface area contributed by atoms with E-state index in [1.54, 1.807) is 0 Å². The number of hydrogen-bond donors (Lipinski definition) is 0. The number of carbonyl (C=O) groups excluding carboxylic acids is 1. The van der Waals surface area contributed by atoms with Gasteiger partial charge in [0, 0.05) is 18.3 Å². The Morgan fingerprint density at radius 3 is 2.23 bits per heavy atom. The molecule has 13 heavy (non-hydrogen) atoms. The van der Waals surface area contributed by atoms with Gasteiger partial charge in [-0.3, -0.25) is 4.79 Å². The average molecular weight is 182 g/mol. The monoisotopic (exact) mass is 182 g/mol. The lowest BCUT2D eigenvalue weighted by molar-refractivity contribution is -0.143. The van der Waals surface area contributed by atoms with Crippen LogP contribution in [-0.4, -0.2) is 12.1 Å². The van der Waals surface area contributed by atoms with Gasteiger partial charge in [0.2, 0.25) is 0 Å². The molecule has 2 heteroatoms. The maximum atomic E-state index is 10.8. The van der Waals surface area contributed by atoms with Crippen molar-refractivity contribution in [1.82, 2.24) is 0 Å². The third kappa shape index (κ3) is 2.11. The van der Waals surface area contributed by atoms with Gasteiger partial charge in [-0.25, -0.2) is 0 Å². The molecule has 1 saturated carbocycles. The van der Waals surface area contributed by atoms with Crippen molar-refractivity contribution in [3.63, 3.8) is 0 Å². The van der Waals surface area contributed by atoms with Gasteiger partial charge in [0.25, 0.3) is 0 Å². The minimum Gasteiger partial charge on any atom is -0.461 e. The summed E-state index contributed by atoms with van der Waals surface area (Å²) in [5, 5.41) is 0. The fraction of sp³-hybridized carbons (Fsp3) is 0.727. The van der Waals surface area contributed by atoms with Gasteiger partial charge in [0.1, 0.15) is 6.10 Å². The van der Waals surface area contributed by atoms with Crippen molar-refractivity contribution >= 4 is 5.97 Å². The standard InChI is InChI=1S/C11H18O2/c1-7(2)6-9-10(11(9,4)5)13-8(3)12/h6,9-10H,1-5H3. The Kier molecular flexibility index (Phi) is 2.51. The molecule has 2 unspecified atom stereocenters. The highest BCUT2D eigenvalue weighted by molar-refractivity contribution is 5.66. The van der Waals surface area contributed by atoms with Crippen molar-refractivity contribution in [3.05, 3.63) is 11.6 Å². The molecule has 0 aromatic carbocycles. The van der Waals surface area contributed by atoms with Gasteiger partial charge in [-0.2, -0.15) is 0 Å². The molecule has 74 valence electrons. The minimum absolute atomic E-state index is 0.0832. The second-order valence-corrected chi connectivity index (χ2v) is 4.62. The van der Waals surface area contributed by atoms with E-state index in [2.05, 4.69) is 33.8 Å². The minimum atomic E-state index is -0.178. The van der Waals surface area contributed by atoms with Crippen molar-refractivity contribution in [2.24, 2.45) is 11.3 Å². The van der Waals surface area contributed by atoms with Crippen LogP contribution in [0.1, 0.15) is 34.6 Å². The molecule has 0 spiro atoms. The number of hydrogen-bond acceptors (Lipinski definition) is 2. The van der Waals surface area contributed by atoms with E-state index in [1.165, 1.54) is 12.5 Å². The van der Waals surface area contributed by atoms with Crippen LogP contribution < -0.4 is 0 Å². The molecule has 1 aliphatic carbocycles. The molecule has 0 aromatic heterocycles. The van der Waals surface area contributed by atoms with Crippen LogP contribution >= 0.6 is 0 Å². The molecular formula is C11H18O2. The van der Waals surface area contributed by atoms with E-state index in [4.69, 9.17) is 4.74 Å². The van der Waals surface area contributed by atoms with Crippen molar-refractivity contribution in [1.29, 1.82) is 0 Å². The fourth-order valence-electron chi connectivity index (χ4n) is 1.69. The summed E-state index contributed by atoms with van der Waals surface area (Å²) in [7, 11) is 0. The summed E-state index contributed by atoms with van der Waals surface area (Å²) >= 11 is 0. The Morgan fingerprint density at radius 1 is 1.31 bits per heavy atom. The van der Waals surface area contributed by atoms with Gasteiger partial charge in [0.15, 0.2) is 0 Å². The lowest BCUT2D eigenvalue weighted by atomic mass is 10.1. The Morgan fingerprint density at radius 2 is 1.85 bits per heavy atom. The smallest absolute Gasteiger partial charge is 0.302 e. The highest BCUT2D eigenvalue weighted by Crippen LogP contribution is 2.55. The van der Waals surface area contributed by atoms with E-state index < -0.39 is 0 Å². The maximum Gasteiger partial charge on any atom is 0.302 e. The summed E-state index contributed by atoms with van der Waals surface area (Å²) in [5.41, 5.74) is 1.41. The Hall–Kier alpha value is -0.790. The van der Waals surface area contributed by atoms with Gasteiger partial charge in [-0.15, -0.1) is 0 Å². The quantitative estimate of drug-likeness (QED) is 0.484. The zero-order valence-corrected chi connectivity index (χ0v) is 9.05. The van der Waals surface area contributed by atoms with Crippen LogP contribution in [-0.2, 0) is 9.53 Å². The number of carbonyl (C=O) groups is 1. The first-order valence-corrected chi connectivity index (χ1v) is 4.68. The van der Waals surface area contributed by atoms with Gasteiger partial charge >= 0.3 is 5.97 Å². The highest BCUT2D eigenvalue weighted by atomic mass is 16.5. The van der Waals surface area contributed by atoms with Crippen LogP contribution in [0.2, 0.25) is 0 Å². The van der Waals surface area contributed by atoms with E-state index >= 15 is 0 Å². The van der Waals surface area contributed by atoms with Gasteiger partial charge in [-0.1, -0.05) is 25.5 Å². The number of rotatable bonds is 2. The molecule has 0 heterocycles. The first-order valence-electron chi connectivity index (χ1n) is 4.68. The zero-order valence-electron chi connectivity index (χ0n) is 9.05. The molecule has 2 nitrogen and oxygen atoms in total. The third-order valence-corrected chi connectivity index (χ3v) is 2.62. The van der Waals surface area contributed by atoms with Crippen molar-refractivity contribution in [3.8, 4) is 0 Å². The Labute approximate surface area is 80.0 Å². The predicted octanol–water partition coefficient (Wildman–Crippen LogP) is 2.54. The lowest BCUT2D eigenvalue weighted by Gasteiger charge is -2.01. The molecule has 1 fully saturated rings. The second-order valence-electron chi connectivity index (χ2n) is 4.62. The summed E-state index contributed by atoms with van der Waals surface area (Å²) in [4.78, 5) is 10.8. The van der Waals surface area contributed by atoms with E-state index in [9.17, 15) is 4.79 Å². The molecule has 1 aliphatic rings. The van der Waals surface area contributed by atoms with Crippen LogP contribution in [0.3, 0.4) is 0 Å². The summed E-state index contributed by atoms with van der Waals surface area (Å²) in [6.07, 6.45) is 2.27. The molecule has 0 radical (unpaired) electrons. The van der Waals surface area contributed by atoms with E-state index in [1.807, 2.05) is 0 Å². The largest absolute Gasteiger partial charge is 0.461 e. The van der Waals surface area contributed by atoms with Crippen LogP contribution in [0, 0.1) is 11.3 Å². The van der Waals surface area contributed by atoms with Gasteiger partial charge in [-0.05, 0) is 13.8 Å². The normalized spacial score (nSPS) is 29.3. The topological polar surface area (TPSA) is 26.3 Å². The lowest BCUT2D eigenvalue weighted by Crippen LogP contribution is -2.06. The SMILES string of the molecule is CC(=O)OC1C(C=C(C)C)C1(C)C. The maximum absolute atomic E-state index is 10.8. The van der Waals surface area contributed by atoms with E-state index in [0.717, 1.165) is 0 Å². The Balaban J connectivity index is 2.61. The number of allylic oxidation sites excluding steroid dienone is 1. The zero-order chi connectivity index (χ0) is 10.2. The summed E-state index contributed by atoms with van der Waals surface area (Å²) in [5.74, 6) is 0.226. The molecule has 2 atom stereocenters. The molecular weight excluding hydrogens is 164 g/mol. The summed E-state index contributed by atoms with van der Waals surface area (Å²) in [6.45, 7) is 9.86. The second kappa shape index (κ2) is 3.17. The molecule has 0 bridgehead atoms. The predicted molar refractivity (Wildman–Crippen MR) is 52.3 cm³/mol.